The smallest absolute Gasteiger partial charge is 0.312 e. The largest absolute Gasteiger partial charge is 0.465 e. The zero-order valence-electron chi connectivity index (χ0n) is 22.0. The van der Waals surface area contributed by atoms with Gasteiger partial charge in [-0.25, -0.2) is 0 Å². The summed E-state index contributed by atoms with van der Waals surface area (Å²) in [7, 11) is 0. The Morgan fingerprint density at radius 1 is 1.32 bits per heavy atom. The van der Waals surface area contributed by atoms with E-state index in [1.54, 1.807) is 17.1 Å². The van der Waals surface area contributed by atoms with E-state index in [9.17, 15) is 19.5 Å². The summed E-state index contributed by atoms with van der Waals surface area (Å²) in [4.78, 5) is 44.9. The van der Waals surface area contributed by atoms with Crippen LogP contribution in [0.1, 0.15) is 43.7 Å². The highest BCUT2D eigenvalue weighted by Crippen LogP contribution is 2.59. The van der Waals surface area contributed by atoms with E-state index < -0.39 is 41.6 Å². The lowest BCUT2D eigenvalue weighted by atomic mass is 9.70. The normalized spacial score (nSPS) is 28.6. The van der Waals surface area contributed by atoms with Gasteiger partial charge in [0.2, 0.25) is 5.91 Å². The lowest BCUT2D eigenvalue weighted by Crippen LogP contribution is -2.59. The number of anilines is 1. The number of likely N-dealkylation sites (tertiary alicyclic amines) is 1. The first kappa shape index (κ1) is 27.1. The number of hydrogen-bond acceptors (Lipinski definition) is 6. The number of hydrogen-bond donors (Lipinski definition) is 1. The molecule has 2 unspecified atom stereocenters. The Balaban J connectivity index is 1.79. The van der Waals surface area contributed by atoms with Gasteiger partial charge in [-0.05, 0) is 56.7 Å². The van der Waals surface area contributed by atoms with Gasteiger partial charge < -0.3 is 24.4 Å². The molecule has 0 aliphatic carbocycles. The number of rotatable bonds is 11. The van der Waals surface area contributed by atoms with Crippen LogP contribution in [0.5, 0.6) is 0 Å². The van der Waals surface area contributed by atoms with Gasteiger partial charge in [0.25, 0.3) is 5.91 Å². The molecule has 3 aliphatic heterocycles. The summed E-state index contributed by atoms with van der Waals surface area (Å²) in [6, 6.07) is 4.34. The van der Waals surface area contributed by atoms with E-state index in [4.69, 9.17) is 9.47 Å². The second-order valence-corrected chi connectivity index (χ2v) is 10.3. The third-order valence-electron chi connectivity index (χ3n) is 8.12. The number of fused-ring (bicyclic) bond motifs is 1. The second kappa shape index (κ2) is 10.8. The highest BCUT2D eigenvalue weighted by molar-refractivity contribution is 6.05. The van der Waals surface area contributed by atoms with E-state index in [0.29, 0.717) is 25.7 Å². The first-order valence-electron chi connectivity index (χ1n) is 13.1. The quantitative estimate of drug-likeness (QED) is 0.279. The van der Waals surface area contributed by atoms with Crippen LogP contribution in [-0.2, 0) is 23.9 Å². The molecule has 2 bridgehead atoms. The molecule has 8 nitrogen and oxygen atoms in total. The Kier molecular flexibility index (Phi) is 7.90. The van der Waals surface area contributed by atoms with Crippen molar-refractivity contribution in [3.63, 3.8) is 0 Å². The van der Waals surface area contributed by atoms with Gasteiger partial charge in [0.1, 0.15) is 11.6 Å². The van der Waals surface area contributed by atoms with Crippen molar-refractivity contribution in [2.45, 2.75) is 70.2 Å². The molecule has 37 heavy (non-hydrogen) atoms. The Morgan fingerprint density at radius 2 is 2.08 bits per heavy atom. The number of esters is 1. The Hall–Kier alpha value is -2.97. The van der Waals surface area contributed by atoms with Gasteiger partial charge in [0, 0.05) is 12.2 Å². The van der Waals surface area contributed by atoms with Gasteiger partial charge >= 0.3 is 5.97 Å². The van der Waals surface area contributed by atoms with Crippen LogP contribution in [0.4, 0.5) is 5.69 Å². The van der Waals surface area contributed by atoms with Gasteiger partial charge in [0.15, 0.2) is 0 Å². The van der Waals surface area contributed by atoms with E-state index in [0.717, 1.165) is 16.8 Å². The molecule has 6 atom stereocenters. The Morgan fingerprint density at radius 3 is 2.73 bits per heavy atom. The molecule has 3 saturated heterocycles. The minimum atomic E-state index is -1.15. The molecule has 0 radical (unpaired) electrons. The minimum absolute atomic E-state index is 0.180. The molecule has 1 aromatic carbocycles. The average molecular weight is 511 g/mol. The summed E-state index contributed by atoms with van der Waals surface area (Å²) < 4.78 is 12.0. The van der Waals surface area contributed by atoms with Gasteiger partial charge in [0.05, 0.1) is 37.2 Å². The number of amides is 2. The van der Waals surface area contributed by atoms with Crippen molar-refractivity contribution >= 4 is 23.5 Å². The third-order valence-corrected chi connectivity index (χ3v) is 8.12. The summed E-state index contributed by atoms with van der Waals surface area (Å²) in [5, 5.41) is 10.2. The molecule has 3 fully saturated rings. The number of aryl methyl sites for hydroxylation is 2. The van der Waals surface area contributed by atoms with Gasteiger partial charge in [-0.1, -0.05) is 31.2 Å². The maximum absolute atomic E-state index is 14.5. The highest BCUT2D eigenvalue weighted by Gasteiger charge is 2.75. The van der Waals surface area contributed by atoms with Crippen LogP contribution < -0.4 is 4.90 Å². The molecule has 3 heterocycles. The summed E-state index contributed by atoms with van der Waals surface area (Å²) in [6.07, 6.45) is 4.85. The summed E-state index contributed by atoms with van der Waals surface area (Å²) in [5.41, 5.74) is 1.50. The van der Waals surface area contributed by atoms with Crippen molar-refractivity contribution in [2.75, 3.05) is 24.7 Å². The molecular weight excluding hydrogens is 472 g/mol. The predicted octanol–water partition coefficient (Wildman–Crippen LogP) is 3.09. The van der Waals surface area contributed by atoms with Crippen LogP contribution in [-0.4, -0.2) is 71.3 Å². The number of carbonyl (C=O) groups is 3. The second-order valence-electron chi connectivity index (χ2n) is 10.3. The summed E-state index contributed by atoms with van der Waals surface area (Å²) in [5.74, 6) is -2.71. The number of aliphatic hydroxyl groups excluding tert-OH is 1. The number of carbonyl (C=O) groups excluding carboxylic acids is 3. The summed E-state index contributed by atoms with van der Waals surface area (Å²) in [6.45, 7) is 13.4. The van der Waals surface area contributed by atoms with Gasteiger partial charge in [-0.3, -0.25) is 14.4 Å². The minimum Gasteiger partial charge on any atom is -0.465 e. The molecule has 4 rings (SSSR count). The number of aliphatic hydroxyl groups is 1. The van der Waals surface area contributed by atoms with E-state index in [1.807, 2.05) is 39.0 Å². The van der Waals surface area contributed by atoms with E-state index in [1.165, 1.54) is 4.90 Å². The fourth-order valence-corrected chi connectivity index (χ4v) is 6.38. The average Bonchev–Trinajstić information content (AvgIpc) is 3.52. The highest BCUT2D eigenvalue weighted by atomic mass is 16.6. The molecule has 2 amide bonds. The first-order chi connectivity index (χ1) is 17.7. The van der Waals surface area contributed by atoms with Crippen LogP contribution in [0.2, 0.25) is 0 Å². The maximum atomic E-state index is 14.5. The standard InChI is InChI=1S/C29H38N2O6/c1-6-9-15-36-28(35)23-22-12-13-29(37-22)24(23)26(33)31(20(8-3)17-32)25(29)27(34)30(14-7-2)21-16-18(4)10-11-19(21)5/h6-7,10-11,16,20,22-25,32H,1-2,8-9,12-15,17H2,3-5H3/t20-,22+,23-,24-,25?,29?/m0/s1. The fourth-order valence-electron chi connectivity index (χ4n) is 6.38. The molecule has 200 valence electrons. The molecule has 0 saturated carbocycles. The molecule has 0 aromatic heterocycles. The predicted molar refractivity (Wildman–Crippen MR) is 140 cm³/mol. The van der Waals surface area contributed by atoms with E-state index >= 15 is 0 Å². The van der Waals surface area contributed by atoms with Crippen molar-refractivity contribution in [1.82, 2.24) is 4.90 Å². The van der Waals surface area contributed by atoms with Crippen LogP contribution >= 0.6 is 0 Å². The van der Waals surface area contributed by atoms with Crippen molar-refractivity contribution in [1.29, 1.82) is 0 Å². The number of nitrogens with zero attached hydrogens (tertiary/aromatic N) is 2. The summed E-state index contributed by atoms with van der Waals surface area (Å²) >= 11 is 0. The molecule has 3 aliphatic rings. The lowest BCUT2D eigenvalue weighted by molar-refractivity contribution is -0.155. The topological polar surface area (TPSA) is 96.4 Å². The van der Waals surface area contributed by atoms with Crippen LogP contribution in [0.25, 0.3) is 0 Å². The van der Waals surface area contributed by atoms with E-state index in [-0.39, 0.29) is 31.6 Å². The lowest BCUT2D eigenvalue weighted by Gasteiger charge is -2.39. The SMILES string of the molecule is C=CCCOC(=O)[C@@H]1[C@H]2C(=O)N([C@@H](CC)CO)C(C(=O)N(CC=C)c3cc(C)ccc3C)C23CC[C@H]1O3. The third kappa shape index (κ3) is 4.40. The maximum Gasteiger partial charge on any atom is 0.312 e. The molecule has 1 aromatic rings. The monoisotopic (exact) mass is 510 g/mol. The van der Waals surface area contributed by atoms with Crippen LogP contribution in [0.3, 0.4) is 0 Å². The molecule has 8 heteroatoms. The number of ether oxygens (including phenoxy) is 2. The zero-order chi connectivity index (χ0) is 26.9. The Labute approximate surface area is 218 Å². The first-order valence-corrected chi connectivity index (χ1v) is 13.1. The van der Waals surface area contributed by atoms with E-state index in [2.05, 4.69) is 13.2 Å². The molecule has 1 spiro atoms. The van der Waals surface area contributed by atoms with Gasteiger partial charge in [-0.15, -0.1) is 13.2 Å². The number of benzene rings is 1. The fraction of sp³-hybridized carbons (Fsp3) is 0.552. The van der Waals surface area contributed by atoms with Crippen LogP contribution in [0.15, 0.2) is 43.5 Å². The Bertz CT molecular complexity index is 1080. The van der Waals surface area contributed by atoms with Crippen LogP contribution in [0, 0.1) is 25.7 Å². The van der Waals surface area contributed by atoms with Crippen molar-refractivity contribution in [2.24, 2.45) is 11.8 Å². The zero-order valence-corrected chi connectivity index (χ0v) is 22.0. The van der Waals surface area contributed by atoms with Crippen molar-refractivity contribution in [3.8, 4) is 0 Å². The van der Waals surface area contributed by atoms with Gasteiger partial charge in [-0.2, -0.15) is 0 Å². The molecule has 1 N–H and O–H groups in total. The molecular formula is C29H38N2O6. The van der Waals surface area contributed by atoms with Crippen molar-refractivity contribution < 1.29 is 29.0 Å². The van der Waals surface area contributed by atoms with Crippen molar-refractivity contribution in [3.05, 3.63) is 54.6 Å².